The molecular formula is C21H22N4O2. The highest BCUT2D eigenvalue weighted by Gasteiger charge is 2.20. The number of pyridine rings is 1. The maximum Gasteiger partial charge on any atom is 0.256 e. The Bertz CT molecular complexity index is 898. The molecule has 0 fully saturated rings. The molecule has 1 atom stereocenters. The summed E-state index contributed by atoms with van der Waals surface area (Å²) in [4.78, 5) is 27.2. The van der Waals surface area contributed by atoms with Crippen molar-refractivity contribution in [3.05, 3.63) is 72.3 Å². The molecule has 1 aromatic carbocycles. The summed E-state index contributed by atoms with van der Waals surface area (Å²) < 4.78 is 5.40. The molecule has 0 N–H and O–H groups in total. The molecule has 1 amide bonds. The third-order valence-electron chi connectivity index (χ3n) is 4.51. The number of carbonyl (C=O) groups excluding carboxylic acids is 1. The summed E-state index contributed by atoms with van der Waals surface area (Å²) in [5.74, 6) is 1.26. The van der Waals surface area contributed by atoms with E-state index in [1.165, 1.54) is 0 Å². The maximum absolute atomic E-state index is 12.8. The first-order valence-corrected chi connectivity index (χ1v) is 8.71. The van der Waals surface area contributed by atoms with Crippen LogP contribution in [0.5, 0.6) is 5.75 Å². The number of methoxy groups -OCH3 is 1. The van der Waals surface area contributed by atoms with E-state index in [0.29, 0.717) is 17.8 Å². The minimum Gasteiger partial charge on any atom is -0.496 e. The van der Waals surface area contributed by atoms with Crippen LogP contribution in [-0.4, -0.2) is 46.0 Å². The molecule has 27 heavy (non-hydrogen) atoms. The monoisotopic (exact) mass is 362 g/mol. The van der Waals surface area contributed by atoms with Crippen LogP contribution in [0.1, 0.15) is 22.8 Å². The van der Waals surface area contributed by atoms with E-state index in [9.17, 15) is 4.79 Å². The van der Waals surface area contributed by atoms with E-state index >= 15 is 0 Å². The molecule has 0 spiro atoms. The van der Waals surface area contributed by atoms with Gasteiger partial charge in [-0.2, -0.15) is 0 Å². The highest BCUT2D eigenvalue weighted by atomic mass is 16.5. The van der Waals surface area contributed by atoms with Crippen molar-refractivity contribution in [2.24, 2.45) is 0 Å². The molecule has 3 rings (SSSR count). The maximum atomic E-state index is 12.8. The quantitative estimate of drug-likeness (QED) is 0.673. The molecule has 3 aromatic rings. The number of aromatic nitrogens is 3. The number of likely N-dealkylation sites (N-methyl/N-ethyl adjacent to an activating group) is 1. The number of carbonyl (C=O) groups is 1. The third-order valence-corrected chi connectivity index (χ3v) is 4.51. The predicted octanol–water partition coefficient (Wildman–Crippen LogP) is 3.25. The Morgan fingerprint density at radius 1 is 1.11 bits per heavy atom. The molecule has 0 aliphatic heterocycles. The van der Waals surface area contributed by atoms with Crippen molar-refractivity contribution in [1.29, 1.82) is 0 Å². The van der Waals surface area contributed by atoms with Crippen molar-refractivity contribution in [1.82, 2.24) is 19.9 Å². The van der Waals surface area contributed by atoms with Gasteiger partial charge in [-0.1, -0.05) is 18.2 Å². The van der Waals surface area contributed by atoms with Crippen molar-refractivity contribution in [2.45, 2.75) is 19.4 Å². The lowest BCUT2D eigenvalue weighted by atomic mass is 10.0. The van der Waals surface area contributed by atoms with Gasteiger partial charge in [0.2, 0.25) is 0 Å². The fraction of sp³-hybridized carbons (Fsp3) is 0.238. The van der Waals surface area contributed by atoms with E-state index in [1.807, 2.05) is 43.3 Å². The van der Waals surface area contributed by atoms with Gasteiger partial charge >= 0.3 is 0 Å². The Morgan fingerprint density at radius 2 is 1.85 bits per heavy atom. The van der Waals surface area contributed by atoms with Gasteiger partial charge in [0.25, 0.3) is 5.91 Å². The van der Waals surface area contributed by atoms with Gasteiger partial charge < -0.3 is 9.64 Å². The molecule has 0 aliphatic rings. The van der Waals surface area contributed by atoms with Gasteiger partial charge in [-0.25, -0.2) is 9.97 Å². The fourth-order valence-electron chi connectivity index (χ4n) is 2.81. The Balaban J connectivity index is 1.71. The molecule has 0 unspecified atom stereocenters. The first-order chi connectivity index (χ1) is 13.1. The summed E-state index contributed by atoms with van der Waals surface area (Å²) in [6.07, 6.45) is 7.20. The molecular weight excluding hydrogens is 340 g/mol. The van der Waals surface area contributed by atoms with Crippen molar-refractivity contribution < 1.29 is 9.53 Å². The number of amides is 1. The molecule has 0 aliphatic carbocycles. The van der Waals surface area contributed by atoms with E-state index in [4.69, 9.17) is 4.74 Å². The van der Waals surface area contributed by atoms with E-state index in [2.05, 4.69) is 15.0 Å². The molecule has 6 heteroatoms. The van der Waals surface area contributed by atoms with Crippen LogP contribution in [0, 0.1) is 0 Å². The van der Waals surface area contributed by atoms with E-state index < -0.39 is 0 Å². The molecule has 0 radical (unpaired) electrons. The van der Waals surface area contributed by atoms with Gasteiger partial charge in [0.05, 0.1) is 12.7 Å². The first-order valence-electron chi connectivity index (χ1n) is 8.71. The zero-order valence-electron chi connectivity index (χ0n) is 15.7. The molecule has 0 saturated heterocycles. The first kappa shape index (κ1) is 18.5. The minimum atomic E-state index is -0.116. The van der Waals surface area contributed by atoms with Gasteiger partial charge in [0.1, 0.15) is 5.75 Å². The average molecular weight is 362 g/mol. The zero-order valence-corrected chi connectivity index (χ0v) is 15.7. The highest BCUT2D eigenvalue weighted by Crippen LogP contribution is 2.21. The topological polar surface area (TPSA) is 68.2 Å². The molecule has 0 saturated carbocycles. The SMILES string of the molecule is COc1ccccc1C[C@H](C)N(C)C(=O)c1cnc(-c2cccnc2)nc1. The lowest BCUT2D eigenvalue weighted by molar-refractivity contribution is 0.0742. The van der Waals surface area contributed by atoms with Crippen LogP contribution < -0.4 is 4.74 Å². The Labute approximate surface area is 158 Å². The van der Waals surface area contributed by atoms with E-state index in [-0.39, 0.29) is 11.9 Å². The Kier molecular flexibility index (Phi) is 5.76. The molecule has 138 valence electrons. The Hall–Kier alpha value is -3.28. The van der Waals surface area contributed by atoms with Crippen molar-refractivity contribution in [3.63, 3.8) is 0 Å². The third kappa shape index (κ3) is 4.28. The smallest absolute Gasteiger partial charge is 0.256 e. The Morgan fingerprint density at radius 3 is 2.52 bits per heavy atom. The van der Waals surface area contributed by atoms with Crippen LogP contribution in [0.15, 0.2) is 61.2 Å². The zero-order chi connectivity index (χ0) is 19.2. The van der Waals surface area contributed by atoms with Crippen LogP contribution in [0.25, 0.3) is 11.4 Å². The minimum absolute atomic E-state index is 0.00759. The highest BCUT2D eigenvalue weighted by molar-refractivity contribution is 5.93. The molecule has 2 aromatic heterocycles. The van der Waals surface area contributed by atoms with Gasteiger partial charge in [-0.05, 0) is 37.1 Å². The number of rotatable bonds is 6. The summed E-state index contributed by atoms with van der Waals surface area (Å²) >= 11 is 0. The lowest BCUT2D eigenvalue weighted by Gasteiger charge is -2.25. The number of ether oxygens (including phenoxy) is 1. The predicted molar refractivity (Wildman–Crippen MR) is 104 cm³/mol. The summed E-state index contributed by atoms with van der Waals surface area (Å²) in [5, 5.41) is 0. The largest absolute Gasteiger partial charge is 0.496 e. The fourth-order valence-corrected chi connectivity index (χ4v) is 2.81. The molecule has 6 nitrogen and oxygen atoms in total. The van der Waals surface area contributed by atoms with Gasteiger partial charge in [-0.3, -0.25) is 9.78 Å². The lowest BCUT2D eigenvalue weighted by Crippen LogP contribution is -2.36. The van der Waals surface area contributed by atoms with Gasteiger partial charge in [-0.15, -0.1) is 0 Å². The summed E-state index contributed by atoms with van der Waals surface area (Å²) in [7, 11) is 3.44. The average Bonchev–Trinajstić information content (AvgIpc) is 2.73. The van der Waals surface area contributed by atoms with Crippen molar-refractivity contribution in [2.75, 3.05) is 14.2 Å². The van der Waals surface area contributed by atoms with Crippen molar-refractivity contribution in [3.8, 4) is 17.1 Å². The second-order valence-corrected chi connectivity index (χ2v) is 6.32. The number of para-hydroxylation sites is 1. The van der Waals surface area contributed by atoms with Crippen molar-refractivity contribution >= 4 is 5.91 Å². The number of benzene rings is 1. The normalized spacial score (nSPS) is 11.7. The van der Waals surface area contributed by atoms with Gasteiger partial charge in [0.15, 0.2) is 5.82 Å². The summed E-state index contributed by atoms with van der Waals surface area (Å²) in [6, 6.07) is 11.5. The number of hydrogen-bond donors (Lipinski definition) is 0. The molecule has 2 heterocycles. The number of hydrogen-bond acceptors (Lipinski definition) is 5. The van der Waals surface area contributed by atoms with Crippen LogP contribution in [0.3, 0.4) is 0 Å². The second kappa shape index (κ2) is 8.40. The summed E-state index contributed by atoms with van der Waals surface area (Å²) in [5.41, 5.74) is 2.33. The van der Waals surface area contributed by atoms with Gasteiger partial charge in [0, 0.05) is 43.4 Å². The van der Waals surface area contributed by atoms with E-state index in [0.717, 1.165) is 16.9 Å². The standard InChI is InChI=1S/C21H22N4O2/c1-15(11-16-7-4-5-9-19(16)27-3)25(2)21(26)18-13-23-20(24-14-18)17-8-6-10-22-12-17/h4-10,12-15H,11H2,1-3H3/t15-/m0/s1. The van der Waals surface area contributed by atoms with Crippen LogP contribution in [0.2, 0.25) is 0 Å². The summed E-state index contributed by atoms with van der Waals surface area (Å²) in [6.45, 7) is 2.01. The number of nitrogens with zero attached hydrogens (tertiary/aromatic N) is 4. The van der Waals surface area contributed by atoms with Crippen LogP contribution in [-0.2, 0) is 6.42 Å². The van der Waals surface area contributed by atoms with Crippen LogP contribution in [0.4, 0.5) is 0 Å². The van der Waals surface area contributed by atoms with Crippen LogP contribution >= 0.6 is 0 Å². The second-order valence-electron chi connectivity index (χ2n) is 6.32. The van der Waals surface area contributed by atoms with E-state index in [1.54, 1.807) is 43.8 Å². The molecule has 0 bridgehead atoms.